The molecule has 3 rings (SSSR count). The van der Waals surface area contributed by atoms with Crippen LogP contribution >= 0.6 is 0 Å². The van der Waals surface area contributed by atoms with Gasteiger partial charge in [-0.15, -0.1) is 0 Å². The number of piperazine rings is 1. The Labute approximate surface area is 118 Å². The molecule has 3 nitrogen and oxygen atoms in total. The third-order valence-corrected chi connectivity index (χ3v) is 5.52. The molecule has 1 saturated carbocycles. The molecule has 0 aromatic heterocycles. The van der Waals surface area contributed by atoms with E-state index in [0.717, 1.165) is 17.9 Å². The zero-order valence-electron chi connectivity index (χ0n) is 12.6. The van der Waals surface area contributed by atoms with Gasteiger partial charge in [-0.05, 0) is 37.6 Å². The molecule has 2 aliphatic heterocycles. The van der Waals surface area contributed by atoms with Gasteiger partial charge in [-0.1, -0.05) is 19.8 Å². The van der Waals surface area contributed by atoms with Crippen molar-refractivity contribution in [1.82, 2.24) is 15.1 Å². The maximum Gasteiger partial charge on any atom is 0.0233 e. The van der Waals surface area contributed by atoms with Gasteiger partial charge >= 0.3 is 0 Å². The predicted octanol–water partition coefficient (Wildman–Crippen LogP) is 1.79. The summed E-state index contributed by atoms with van der Waals surface area (Å²) in [5.41, 5.74) is 0. The van der Waals surface area contributed by atoms with Crippen molar-refractivity contribution in [2.45, 2.75) is 45.1 Å². The SMILES string of the molecule is CC1CCCC(CN2CCN(C3CCNC3)CC2)C1. The summed E-state index contributed by atoms with van der Waals surface area (Å²) in [4.78, 5) is 5.46. The van der Waals surface area contributed by atoms with Crippen LogP contribution in [0.25, 0.3) is 0 Å². The van der Waals surface area contributed by atoms with Crippen molar-refractivity contribution >= 4 is 0 Å². The van der Waals surface area contributed by atoms with E-state index in [1.165, 1.54) is 77.9 Å². The second kappa shape index (κ2) is 6.55. The van der Waals surface area contributed by atoms with Crippen molar-refractivity contribution < 1.29 is 0 Å². The van der Waals surface area contributed by atoms with Crippen LogP contribution in [-0.2, 0) is 0 Å². The second-order valence-electron chi connectivity index (χ2n) is 7.12. The van der Waals surface area contributed by atoms with Crippen molar-refractivity contribution in [2.24, 2.45) is 11.8 Å². The summed E-state index contributed by atoms with van der Waals surface area (Å²) in [6, 6.07) is 0.830. The van der Waals surface area contributed by atoms with E-state index < -0.39 is 0 Å². The predicted molar refractivity (Wildman–Crippen MR) is 80.4 cm³/mol. The van der Waals surface area contributed by atoms with Crippen LogP contribution in [0.15, 0.2) is 0 Å². The molecule has 110 valence electrons. The summed E-state index contributed by atoms with van der Waals surface area (Å²) < 4.78 is 0. The molecular weight excluding hydrogens is 234 g/mol. The van der Waals surface area contributed by atoms with E-state index in [1.54, 1.807) is 0 Å². The molecular formula is C16H31N3. The molecule has 3 unspecified atom stereocenters. The first kappa shape index (κ1) is 13.8. The van der Waals surface area contributed by atoms with Gasteiger partial charge in [-0.2, -0.15) is 0 Å². The molecule has 1 N–H and O–H groups in total. The largest absolute Gasteiger partial charge is 0.315 e. The molecule has 2 saturated heterocycles. The lowest BCUT2D eigenvalue weighted by Gasteiger charge is -2.40. The smallest absolute Gasteiger partial charge is 0.0233 e. The minimum Gasteiger partial charge on any atom is -0.315 e. The molecule has 0 aromatic carbocycles. The number of nitrogens with one attached hydrogen (secondary N) is 1. The summed E-state index contributed by atoms with van der Waals surface area (Å²) in [7, 11) is 0. The molecule has 3 heteroatoms. The molecule has 0 spiro atoms. The maximum absolute atomic E-state index is 3.50. The fourth-order valence-electron chi connectivity index (χ4n) is 4.35. The van der Waals surface area contributed by atoms with Crippen molar-refractivity contribution in [2.75, 3.05) is 45.8 Å². The number of rotatable bonds is 3. The lowest BCUT2D eigenvalue weighted by atomic mass is 9.82. The van der Waals surface area contributed by atoms with Crippen LogP contribution in [0.5, 0.6) is 0 Å². The number of hydrogen-bond donors (Lipinski definition) is 1. The third kappa shape index (κ3) is 3.71. The van der Waals surface area contributed by atoms with Gasteiger partial charge in [0.1, 0.15) is 0 Å². The maximum atomic E-state index is 3.50. The molecule has 0 amide bonds. The summed E-state index contributed by atoms with van der Waals surface area (Å²) in [5, 5.41) is 3.50. The fourth-order valence-corrected chi connectivity index (χ4v) is 4.35. The van der Waals surface area contributed by atoms with Crippen LogP contribution in [0, 0.1) is 11.8 Å². The Morgan fingerprint density at radius 3 is 2.58 bits per heavy atom. The summed E-state index contributed by atoms with van der Waals surface area (Å²) in [5.74, 6) is 1.97. The molecule has 2 heterocycles. The first-order valence-corrected chi connectivity index (χ1v) is 8.48. The first-order valence-electron chi connectivity index (χ1n) is 8.48. The molecule has 0 bridgehead atoms. The zero-order valence-corrected chi connectivity index (χ0v) is 12.6. The van der Waals surface area contributed by atoms with Crippen LogP contribution in [0.4, 0.5) is 0 Å². The fraction of sp³-hybridized carbons (Fsp3) is 1.00. The summed E-state index contributed by atoms with van der Waals surface area (Å²) in [6.45, 7) is 11.5. The highest BCUT2D eigenvalue weighted by Gasteiger charge is 2.27. The Balaban J connectivity index is 1.40. The molecule has 0 radical (unpaired) electrons. The summed E-state index contributed by atoms with van der Waals surface area (Å²) in [6.07, 6.45) is 7.27. The lowest BCUT2D eigenvalue weighted by Crippen LogP contribution is -2.51. The molecule has 3 atom stereocenters. The topological polar surface area (TPSA) is 18.5 Å². The van der Waals surface area contributed by atoms with Crippen molar-refractivity contribution in [3.8, 4) is 0 Å². The average Bonchev–Trinajstić information content (AvgIpc) is 2.94. The van der Waals surface area contributed by atoms with Crippen LogP contribution in [0.3, 0.4) is 0 Å². The van der Waals surface area contributed by atoms with Gasteiger partial charge in [0.25, 0.3) is 0 Å². The van der Waals surface area contributed by atoms with Gasteiger partial charge in [0, 0.05) is 45.3 Å². The van der Waals surface area contributed by atoms with Crippen molar-refractivity contribution in [3.63, 3.8) is 0 Å². The van der Waals surface area contributed by atoms with Gasteiger partial charge in [-0.3, -0.25) is 4.90 Å². The minimum absolute atomic E-state index is 0.830. The molecule has 3 fully saturated rings. The van der Waals surface area contributed by atoms with Gasteiger partial charge in [0.15, 0.2) is 0 Å². The van der Waals surface area contributed by atoms with Gasteiger partial charge < -0.3 is 10.2 Å². The van der Waals surface area contributed by atoms with E-state index in [4.69, 9.17) is 0 Å². The Bertz CT molecular complexity index is 267. The van der Waals surface area contributed by atoms with E-state index in [0.29, 0.717) is 0 Å². The quantitative estimate of drug-likeness (QED) is 0.839. The Morgan fingerprint density at radius 1 is 1.05 bits per heavy atom. The molecule has 1 aliphatic carbocycles. The third-order valence-electron chi connectivity index (χ3n) is 5.52. The van der Waals surface area contributed by atoms with Crippen molar-refractivity contribution in [1.29, 1.82) is 0 Å². The van der Waals surface area contributed by atoms with E-state index >= 15 is 0 Å². The highest BCUT2D eigenvalue weighted by molar-refractivity contribution is 4.85. The molecule has 19 heavy (non-hydrogen) atoms. The van der Waals surface area contributed by atoms with Gasteiger partial charge in [0.2, 0.25) is 0 Å². The minimum atomic E-state index is 0.830. The standard InChI is InChI=1S/C16H31N3/c1-14-3-2-4-15(11-14)13-18-7-9-19(10-8-18)16-5-6-17-12-16/h14-17H,2-13H2,1H3. The molecule has 0 aromatic rings. The molecule has 3 aliphatic rings. The highest BCUT2D eigenvalue weighted by Crippen LogP contribution is 2.29. The average molecular weight is 265 g/mol. The van der Waals surface area contributed by atoms with E-state index in [-0.39, 0.29) is 0 Å². The van der Waals surface area contributed by atoms with Crippen molar-refractivity contribution in [3.05, 3.63) is 0 Å². The normalized spacial score (nSPS) is 38.7. The Kier molecular flexibility index (Phi) is 4.78. The van der Waals surface area contributed by atoms with Gasteiger partial charge in [-0.25, -0.2) is 0 Å². The van der Waals surface area contributed by atoms with Crippen LogP contribution < -0.4 is 5.32 Å². The Morgan fingerprint density at radius 2 is 1.89 bits per heavy atom. The van der Waals surface area contributed by atoms with Crippen LogP contribution in [0.1, 0.15) is 39.0 Å². The van der Waals surface area contributed by atoms with Crippen LogP contribution in [0.2, 0.25) is 0 Å². The monoisotopic (exact) mass is 265 g/mol. The van der Waals surface area contributed by atoms with E-state index in [2.05, 4.69) is 22.0 Å². The van der Waals surface area contributed by atoms with Gasteiger partial charge in [0.05, 0.1) is 0 Å². The van der Waals surface area contributed by atoms with Crippen LogP contribution in [-0.4, -0.2) is 61.7 Å². The summed E-state index contributed by atoms with van der Waals surface area (Å²) >= 11 is 0. The number of nitrogens with zero attached hydrogens (tertiary/aromatic N) is 2. The van der Waals surface area contributed by atoms with E-state index in [9.17, 15) is 0 Å². The highest BCUT2D eigenvalue weighted by atomic mass is 15.3. The lowest BCUT2D eigenvalue weighted by molar-refractivity contribution is 0.0823. The van der Waals surface area contributed by atoms with E-state index in [1.807, 2.05) is 0 Å². The Hall–Kier alpha value is -0.120. The second-order valence-corrected chi connectivity index (χ2v) is 7.12. The number of hydrogen-bond acceptors (Lipinski definition) is 3. The first-order chi connectivity index (χ1) is 9.31. The zero-order chi connectivity index (χ0) is 13.1.